The van der Waals surface area contributed by atoms with Gasteiger partial charge in [0.05, 0.1) is 22.1 Å². The van der Waals surface area contributed by atoms with E-state index in [0.29, 0.717) is 22.1 Å². The molecule has 0 saturated heterocycles. The summed E-state index contributed by atoms with van der Waals surface area (Å²) in [4.78, 5) is 10.2. The van der Waals surface area contributed by atoms with E-state index >= 15 is 0 Å². The fourth-order valence-electron chi connectivity index (χ4n) is 1.40. The molecule has 2 rings (SSSR count). The van der Waals surface area contributed by atoms with Gasteiger partial charge in [-0.05, 0) is 24.1 Å². The quantitative estimate of drug-likeness (QED) is 0.507. The Kier molecular flexibility index (Phi) is 4.41. The Balaban J connectivity index is 2.22. The van der Waals surface area contributed by atoms with Gasteiger partial charge in [0.15, 0.2) is 11.6 Å². The van der Waals surface area contributed by atoms with Gasteiger partial charge in [-0.3, -0.25) is 10.1 Å². The Hall–Kier alpha value is -1.86. The zero-order valence-corrected chi connectivity index (χ0v) is 11.3. The zero-order chi connectivity index (χ0) is 14.7. The summed E-state index contributed by atoms with van der Waals surface area (Å²) in [5.41, 5.74) is -1.10. The molecule has 0 heterocycles. The Morgan fingerprint density at radius 1 is 1.20 bits per heavy atom. The molecule has 8 heteroatoms. The number of halogens is 3. The van der Waals surface area contributed by atoms with Crippen LogP contribution in [0.3, 0.4) is 0 Å². The lowest BCUT2D eigenvalue weighted by molar-refractivity contribution is -0.385. The molecule has 0 aliphatic carbocycles. The molecule has 2 aromatic rings. The molecule has 0 aliphatic rings. The Labute approximate surface area is 122 Å². The summed E-state index contributed by atoms with van der Waals surface area (Å²) in [6.07, 6.45) is 0. The fraction of sp³-hybridized carbons (Fsp3) is 0. The van der Waals surface area contributed by atoms with Gasteiger partial charge in [-0.15, -0.1) is 0 Å². The van der Waals surface area contributed by atoms with Crippen molar-refractivity contribution in [2.45, 2.75) is 4.90 Å². The SMILES string of the molecule is O=[N+]([O-])c1cc(F)c(NSc2ccccc2Cl)c(F)c1. The number of nitro groups is 1. The van der Waals surface area contributed by atoms with Gasteiger partial charge in [-0.1, -0.05) is 23.7 Å². The molecule has 20 heavy (non-hydrogen) atoms. The van der Waals surface area contributed by atoms with Gasteiger partial charge in [0.2, 0.25) is 0 Å². The van der Waals surface area contributed by atoms with Crippen LogP contribution in [0.25, 0.3) is 0 Å². The lowest BCUT2D eigenvalue weighted by Gasteiger charge is -2.08. The third kappa shape index (κ3) is 3.17. The average molecular weight is 317 g/mol. The minimum absolute atomic E-state index is 0.424. The Morgan fingerprint density at radius 3 is 2.35 bits per heavy atom. The van der Waals surface area contributed by atoms with Crippen LogP contribution in [0.1, 0.15) is 0 Å². The predicted octanol–water partition coefficient (Wildman–Crippen LogP) is 4.65. The van der Waals surface area contributed by atoms with Crippen molar-refractivity contribution >= 4 is 34.9 Å². The van der Waals surface area contributed by atoms with E-state index in [1.165, 1.54) is 0 Å². The van der Waals surface area contributed by atoms with Crippen molar-refractivity contribution in [2.75, 3.05) is 4.72 Å². The molecule has 0 aromatic heterocycles. The van der Waals surface area contributed by atoms with Crippen molar-refractivity contribution in [3.63, 3.8) is 0 Å². The average Bonchev–Trinajstić information content (AvgIpc) is 2.39. The summed E-state index contributed by atoms with van der Waals surface area (Å²) >= 11 is 6.81. The number of non-ortho nitro benzene ring substituents is 1. The zero-order valence-electron chi connectivity index (χ0n) is 9.77. The molecule has 0 atom stereocenters. The summed E-state index contributed by atoms with van der Waals surface area (Å²) in [5.74, 6) is -2.09. The standard InChI is InChI=1S/C12H7ClF2N2O2S/c13-8-3-1-2-4-11(8)20-16-12-9(14)5-7(17(18)19)6-10(12)15/h1-6,16H. The first-order chi connectivity index (χ1) is 9.49. The van der Waals surface area contributed by atoms with E-state index in [9.17, 15) is 18.9 Å². The minimum Gasteiger partial charge on any atom is -0.321 e. The van der Waals surface area contributed by atoms with E-state index in [4.69, 9.17) is 11.6 Å². The second-order valence-electron chi connectivity index (χ2n) is 3.68. The number of nitrogens with one attached hydrogen (secondary N) is 1. The predicted molar refractivity (Wildman–Crippen MR) is 73.9 cm³/mol. The van der Waals surface area contributed by atoms with Crippen molar-refractivity contribution < 1.29 is 13.7 Å². The van der Waals surface area contributed by atoms with Gasteiger partial charge >= 0.3 is 0 Å². The number of hydrogen-bond acceptors (Lipinski definition) is 4. The van der Waals surface area contributed by atoms with Gasteiger partial charge in [-0.25, -0.2) is 8.78 Å². The molecule has 0 spiro atoms. The van der Waals surface area contributed by atoms with E-state index in [-0.39, 0.29) is 0 Å². The molecule has 0 fully saturated rings. The molecule has 0 amide bonds. The highest BCUT2D eigenvalue weighted by atomic mass is 35.5. The van der Waals surface area contributed by atoms with Gasteiger partial charge in [0.25, 0.3) is 5.69 Å². The third-order valence-electron chi connectivity index (χ3n) is 2.34. The normalized spacial score (nSPS) is 10.3. The van der Waals surface area contributed by atoms with Crippen LogP contribution >= 0.6 is 23.5 Å². The van der Waals surface area contributed by atoms with E-state index in [1.807, 2.05) is 0 Å². The van der Waals surface area contributed by atoms with Crippen molar-refractivity contribution in [1.82, 2.24) is 0 Å². The molecule has 1 N–H and O–H groups in total. The van der Waals surface area contributed by atoms with Crippen LogP contribution in [-0.2, 0) is 0 Å². The van der Waals surface area contributed by atoms with Gasteiger partial charge in [-0.2, -0.15) is 0 Å². The number of rotatable bonds is 4. The Morgan fingerprint density at radius 2 is 1.80 bits per heavy atom. The van der Waals surface area contributed by atoms with E-state index in [2.05, 4.69) is 4.72 Å². The van der Waals surface area contributed by atoms with Crippen LogP contribution < -0.4 is 4.72 Å². The van der Waals surface area contributed by atoms with E-state index in [1.54, 1.807) is 24.3 Å². The summed E-state index contributed by atoms with van der Waals surface area (Å²) < 4.78 is 29.7. The highest BCUT2D eigenvalue weighted by Gasteiger charge is 2.17. The molecule has 0 bridgehead atoms. The molecule has 2 aromatic carbocycles. The summed E-state index contributed by atoms with van der Waals surface area (Å²) in [6.45, 7) is 0. The summed E-state index contributed by atoms with van der Waals surface area (Å²) in [6, 6.07) is 8.05. The van der Waals surface area contributed by atoms with Crippen LogP contribution in [-0.4, -0.2) is 4.92 Å². The van der Waals surface area contributed by atoms with Crippen LogP contribution in [0.5, 0.6) is 0 Å². The van der Waals surface area contributed by atoms with Crippen LogP contribution in [0.15, 0.2) is 41.3 Å². The lowest BCUT2D eigenvalue weighted by Crippen LogP contribution is -1.98. The molecule has 0 radical (unpaired) electrons. The van der Waals surface area contributed by atoms with Crippen LogP contribution in [0.2, 0.25) is 5.02 Å². The fourth-order valence-corrected chi connectivity index (χ4v) is 2.37. The maximum Gasteiger partial charge on any atom is 0.275 e. The van der Waals surface area contributed by atoms with Crippen LogP contribution in [0, 0.1) is 21.7 Å². The molecule has 4 nitrogen and oxygen atoms in total. The summed E-state index contributed by atoms with van der Waals surface area (Å²) in [7, 11) is 0. The van der Waals surface area contributed by atoms with Gasteiger partial charge in [0, 0.05) is 4.90 Å². The largest absolute Gasteiger partial charge is 0.321 e. The number of nitrogens with zero attached hydrogens (tertiary/aromatic N) is 1. The number of anilines is 1. The Bertz CT molecular complexity index is 647. The highest BCUT2D eigenvalue weighted by Crippen LogP contribution is 2.31. The van der Waals surface area contributed by atoms with Gasteiger partial charge in [0.1, 0.15) is 5.69 Å². The lowest BCUT2D eigenvalue weighted by atomic mass is 10.2. The highest BCUT2D eigenvalue weighted by molar-refractivity contribution is 8.00. The number of nitro benzene ring substituents is 1. The van der Waals surface area contributed by atoms with Crippen molar-refractivity contribution in [2.24, 2.45) is 0 Å². The van der Waals surface area contributed by atoms with Crippen molar-refractivity contribution in [3.05, 3.63) is 63.2 Å². The second kappa shape index (κ2) is 6.06. The first-order valence-electron chi connectivity index (χ1n) is 5.30. The molecule has 0 unspecified atom stereocenters. The molecular formula is C12H7ClF2N2O2S. The number of benzene rings is 2. The third-order valence-corrected chi connectivity index (χ3v) is 3.66. The van der Waals surface area contributed by atoms with Crippen LogP contribution in [0.4, 0.5) is 20.2 Å². The topological polar surface area (TPSA) is 55.2 Å². The van der Waals surface area contributed by atoms with E-state index in [0.717, 1.165) is 11.9 Å². The second-order valence-corrected chi connectivity index (χ2v) is 4.93. The maximum absolute atomic E-state index is 13.6. The molecule has 0 saturated carbocycles. The summed E-state index contributed by atoms with van der Waals surface area (Å²) in [5, 5.41) is 10.9. The smallest absolute Gasteiger partial charge is 0.275 e. The first kappa shape index (κ1) is 14.5. The van der Waals surface area contributed by atoms with E-state index < -0.39 is 27.9 Å². The first-order valence-corrected chi connectivity index (χ1v) is 6.49. The molecule has 0 aliphatic heterocycles. The monoisotopic (exact) mass is 316 g/mol. The number of hydrogen-bond donors (Lipinski definition) is 1. The molecular weight excluding hydrogens is 310 g/mol. The van der Waals surface area contributed by atoms with Crippen molar-refractivity contribution in [3.8, 4) is 0 Å². The van der Waals surface area contributed by atoms with Crippen molar-refractivity contribution in [1.29, 1.82) is 0 Å². The van der Waals surface area contributed by atoms with Gasteiger partial charge < -0.3 is 4.72 Å². The maximum atomic E-state index is 13.6. The minimum atomic E-state index is -1.05. The molecule has 104 valence electrons.